The number of nitrogens with zero attached hydrogens (tertiary/aromatic N) is 4. The van der Waals surface area contributed by atoms with Gasteiger partial charge in [0.1, 0.15) is 16.5 Å². The third-order valence-corrected chi connectivity index (χ3v) is 7.65. The fourth-order valence-electron chi connectivity index (χ4n) is 3.69. The van der Waals surface area contributed by atoms with E-state index < -0.39 is 0 Å². The van der Waals surface area contributed by atoms with E-state index in [1.165, 1.54) is 29.7 Å². The number of ether oxygens (including phenoxy) is 1. The zero-order valence-corrected chi connectivity index (χ0v) is 22.5. The van der Waals surface area contributed by atoms with E-state index in [0.717, 1.165) is 45.8 Å². The Morgan fingerprint density at radius 2 is 1.94 bits per heavy atom. The van der Waals surface area contributed by atoms with E-state index in [2.05, 4.69) is 63.2 Å². The van der Waals surface area contributed by atoms with Gasteiger partial charge in [0.25, 0.3) is 5.91 Å². The second-order valence-electron chi connectivity index (χ2n) is 8.44. The highest BCUT2D eigenvalue weighted by molar-refractivity contribution is 7.98. The molecule has 0 saturated heterocycles. The van der Waals surface area contributed by atoms with Crippen LogP contribution in [0.2, 0.25) is 0 Å². The van der Waals surface area contributed by atoms with Gasteiger partial charge >= 0.3 is 0 Å². The topological polar surface area (TPSA) is 81.9 Å². The molecule has 0 aliphatic carbocycles. The molecule has 188 valence electrons. The molecule has 2 aromatic heterocycles. The average molecular weight is 522 g/mol. The molecule has 0 atom stereocenters. The van der Waals surface area contributed by atoms with Crippen molar-refractivity contribution in [2.75, 3.05) is 13.7 Å². The number of aryl methyl sites for hydroxylation is 1. The molecular weight excluding hydrogens is 490 g/mol. The lowest BCUT2D eigenvalue weighted by atomic mass is 10.2. The Morgan fingerprint density at radius 1 is 1.11 bits per heavy atom. The van der Waals surface area contributed by atoms with Crippen molar-refractivity contribution >= 4 is 29.0 Å². The molecule has 4 aromatic rings. The average Bonchev–Trinajstić information content (AvgIpc) is 3.55. The Bertz CT molecular complexity index is 1280. The SMILES string of the molecule is CCCCCCNC(=O)c1csc(CSc2nnc(-c3cccc(OC)c3)n2-c2ccc(C)cc2)n1. The van der Waals surface area contributed by atoms with E-state index in [-0.39, 0.29) is 5.91 Å². The number of rotatable bonds is 12. The Labute approximate surface area is 220 Å². The number of hydrogen-bond acceptors (Lipinski definition) is 7. The summed E-state index contributed by atoms with van der Waals surface area (Å²) in [7, 11) is 1.65. The molecular formula is C27H31N5O2S2. The summed E-state index contributed by atoms with van der Waals surface area (Å²) in [6.45, 7) is 4.93. The summed E-state index contributed by atoms with van der Waals surface area (Å²) < 4.78 is 7.46. The number of methoxy groups -OCH3 is 1. The van der Waals surface area contributed by atoms with Gasteiger partial charge in [-0.15, -0.1) is 21.5 Å². The molecule has 0 unspecified atom stereocenters. The lowest BCUT2D eigenvalue weighted by Crippen LogP contribution is -2.24. The molecule has 1 N–H and O–H groups in total. The summed E-state index contributed by atoms with van der Waals surface area (Å²) in [5.74, 6) is 1.99. The molecule has 7 nitrogen and oxygen atoms in total. The molecule has 4 rings (SSSR count). The lowest BCUT2D eigenvalue weighted by molar-refractivity contribution is 0.0948. The molecule has 0 bridgehead atoms. The minimum atomic E-state index is -0.109. The highest BCUT2D eigenvalue weighted by Crippen LogP contribution is 2.31. The molecule has 0 radical (unpaired) electrons. The number of amides is 1. The first kappa shape index (κ1) is 25.9. The predicted molar refractivity (Wildman–Crippen MR) is 146 cm³/mol. The van der Waals surface area contributed by atoms with Crippen LogP contribution < -0.4 is 10.1 Å². The molecule has 0 aliphatic heterocycles. The van der Waals surface area contributed by atoms with Crippen LogP contribution in [-0.4, -0.2) is 39.3 Å². The van der Waals surface area contributed by atoms with Gasteiger partial charge in [-0.1, -0.05) is 67.8 Å². The zero-order chi connectivity index (χ0) is 25.3. The summed E-state index contributed by atoms with van der Waals surface area (Å²) in [5.41, 5.74) is 3.56. The number of aromatic nitrogens is 4. The molecule has 0 aliphatic rings. The van der Waals surface area contributed by atoms with Crippen molar-refractivity contribution in [1.29, 1.82) is 0 Å². The van der Waals surface area contributed by atoms with E-state index in [0.29, 0.717) is 18.0 Å². The van der Waals surface area contributed by atoms with E-state index in [1.54, 1.807) is 18.9 Å². The van der Waals surface area contributed by atoms with Crippen LogP contribution in [0.5, 0.6) is 5.75 Å². The summed E-state index contributed by atoms with van der Waals surface area (Å²) in [5, 5.41) is 15.4. The highest BCUT2D eigenvalue weighted by atomic mass is 32.2. The van der Waals surface area contributed by atoms with E-state index in [4.69, 9.17) is 4.74 Å². The first-order valence-corrected chi connectivity index (χ1v) is 14.0. The van der Waals surface area contributed by atoms with Crippen LogP contribution >= 0.6 is 23.1 Å². The number of thioether (sulfide) groups is 1. The number of thiazole rings is 1. The van der Waals surface area contributed by atoms with Gasteiger partial charge in [-0.3, -0.25) is 9.36 Å². The van der Waals surface area contributed by atoms with E-state index in [1.807, 2.05) is 29.6 Å². The number of hydrogen-bond donors (Lipinski definition) is 1. The number of benzene rings is 2. The monoisotopic (exact) mass is 521 g/mol. The summed E-state index contributed by atoms with van der Waals surface area (Å²) in [6, 6.07) is 16.1. The van der Waals surface area contributed by atoms with Crippen molar-refractivity contribution in [2.45, 2.75) is 50.4 Å². The second kappa shape index (κ2) is 12.7. The van der Waals surface area contributed by atoms with Crippen molar-refractivity contribution in [1.82, 2.24) is 25.1 Å². The minimum absolute atomic E-state index is 0.109. The molecule has 0 spiro atoms. The van der Waals surface area contributed by atoms with Gasteiger partial charge in [0.15, 0.2) is 11.0 Å². The minimum Gasteiger partial charge on any atom is -0.497 e. The van der Waals surface area contributed by atoms with Gasteiger partial charge in [-0.05, 0) is 37.6 Å². The fourth-order valence-corrected chi connectivity index (χ4v) is 5.44. The van der Waals surface area contributed by atoms with Crippen molar-refractivity contribution in [2.24, 2.45) is 0 Å². The normalized spacial score (nSPS) is 11.0. The molecule has 1 amide bonds. The largest absolute Gasteiger partial charge is 0.497 e. The van der Waals surface area contributed by atoms with Crippen molar-refractivity contribution < 1.29 is 9.53 Å². The fraction of sp³-hybridized carbons (Fsp3) is 0.333. The van der Waals surface area contributed by atoms with E-state index in [9.17, 15) is 4.79 Å². The molecule has 0 saturated carbocycles. The van der Waals surface area contributed by atoms with Crippen LogP contribution in [0, 0.1) is 6.92 Å². The lowest BCUT2D eigenvalue weighted by Gasteiger charge is -2.11. The van der Waals surface area contributed by atoms with Gasteiger partial charge in [0.05, 0.1) is 12.9 Å². The third kappa shape index (κ3) is 6.53. The Morgan fingerprint density at radius 3 is 2.72 bits per heavy atom. The first-order chi connectivity index (χ1) is 17.6. The van der Waals surface area contributed by atoms with Gasteiger partial charge in [-0.2, -0.15) is 0 Å². The van der Waals surface area contributed by atoms with Crippen LogP contribution in [0.25, 0.3) is 17.1 Å². The maximum absolute atomic E-state index is 12.4. The summed E-state index contributed by atoms with van der Waals surface area (Å²) >= 11 is 3.04. The maximum Gasteiger partial charge on any atom is 0.270 e. The Kier molecular flexibility index (Phi) is 9.13. The molecule has 2 aromatic carbocycles. The maximum atomic E-state index is 12.4. The van der Waals surface area contributed by atoms with Gasteiger partial charge in [0.2, 0.25) is 0 Å². The number of unbranched alkanes of at least 4 members (excludes halogenated alkanes) is 3. The van der Waals surface area contributed by atoms with Gasteiger partial charge in [0, 0.05) is 23.2 Å². The smallest absolute Gasteiger partial charge is 0.270 e. The first-order valence-electron chi connectivity index (χ1n) is 12.1. The number of carbonyl (C=O) groups is 1. The van der Waals surface area contributed by atoms with Gasteiger partial charge < -0.3 is 10.1 Å². The number of carbonyl (C=O) groups excluding carboxylic acids is 1. The van der Waals surface area contributed by atoms with Crippen molar-refractivity contribution in [3.8, 4) is 22.8 Å². The molecule has 2 heterocycles. The quantitative estimate of drug-likeness (QED) is 0.174. The predicted octanol–water partition coefficient (Wildman–Crippen LogP) is 6.31. The summed E-state index contributed by atoms with van der Waals surface area (Å²) in [6.07, 6.45) is 4.51. The third-order valence-electron chi connectivity index (χ3n) is 5.68. The van der Waals surface area contributed by atoms with Crippen molar-refractivity contribution in [3.05, 3.63) is 70.2 Å². The van der Waals surface area contributed by atoms with E-state index >= 15 is 0 Å². The van der Waals surface area contributed by atoms with Crippen LogP contribution in [0.1, 0.15) is 53.7 Å². The molecule has 9 heteroatoms. The summed E-state index contributed by atoms with van der Waals surface area (Å²) in [4.78, 5) is 17.0. The van der Waals surface area contributed by atoms with Gasteiger partial charge in [-0.25, -0.2) is 4.98 Å². The highest BCUT2D eigenvalue weighted by Gasteiger charge is 2.18. The Balaban J connectivity index is 1.50. The number of nitrogens with one attached hydrogen (secondary N) is 1. The van der Waals surface area contributed by atoms with Crippen LogP contribution in [0.3, 0.4) is 0 Å². The van der Waals surface area contributed by atoms with Crippen LogP contribution in [0.15, 0.2) is 59.1 Å². The molecule has 0 fully saturated rings. The Hall–Kier alpha value is -3.17. The van der Waals surface area contributed by atoms with Crippen molar-refractivity contribution in [3.63, 3.8) is 0 Å². The second-order valence-corrected chi connectivity index (χ2v) is 10.3. The zero-order valence-electron chi connectivity index (χ0n) is 20.9. The molecule has 36 heavy (non-hydrogen) atoms. The van der Waals surface area contributed by atoms with Crippen LogP contribution in [0.4, 0.5) is 0 Å². The standard InChI is InChI=1S/C27H31N5O2S2/c1-4-5-6-7-15-28-26(33)23-17-35-24(29-23)18-36-27-31-30-25(20-9-8-10-22(16-20)34-3)32(27)21-13-11-19(2)12-14-21/h8-14,16-17H,4-7,15,18H2,1-3H3,(H,28,33). The van der Waals surface area contributed by atoms with Crippen LogP contribution in [-0.2, 0) is 5.75 Å².